The van der Waals surface area contributed by atoms with E-state index in [1.54, 1.807) is 0 Å². The lowest BCUT2D eigenvalue weighted by Crippen LogP contribution is -2.14. The average molecular weight is 246 g/mol. The lowest BCUT2D eigenvalue weighted by molar-refractivity contribution is -0.137. The second-order valence-electron chi connectivity index (χ2n) is 3.96. The van der Waals surface area contributed by atoms with Crippen LogP contribution in [0, 0.1) is 0 Å². The van der Waals surface area contributed by atoms with E-state index in [4.69, 9.17) is 4.74 Å². The Morgan fingerprint density at radius 2 is 1.71 bits per heavy atom. The van der Waals surface area contributed by atoms with E-state index in [0.717, 1.165) is 31.4 Å². The molecule has 1 aromatic rings. The van der Waals surface area contributed by atoms with Crippen LogP contribution in [0.3, 0.4) is 0 Å². The Hall–Kier alpha value is -1.19. The maximum atomic E-state index is 12.3. The fourth-order valence-electron chi connectivity index (χ4n) is 1.58. The van der Waals surface area contributed by atoms with Gasteiger partial charge in [-0.15, -0.1) is 0 Å². The van der Waals surface area contributed by atoms with Crippen molar-refractivity contribution in [2.45, 2.75) is 45.4 Å². The van der Waals surface area contributed by atoms with Crippen LogP contribution < -0.4 is 4.74 Å². The predicted octanol–water partition coefficient (Wildman–Crippen LogP) is 4.66. The first-order valence-corrected chi connectivity index (χ1v) is 5.81. The third kappa shape index (κ3) is 4.29. The van der Waals surface area contributed by atoms with Gasteiger partial charge in [-0.05, 0) is 37.1 Å². The molecule has 1 rings (SSSR count). The summed E-state index contributed by atoms with van der Waals surface area (Å²) < 4.78 is 42.6. The third-order valence-electron chi connectivity index (χ3n) is 2.55. The standard InChI is InChI=1S/C13H17F3O/c1-3-5-11(4-2)17-12-8-6-10(7-9-12)13(14,15)16/h6-9,11H,3-5H2,1-2H3. The summed E-state index contributed by atoms with van der Waals surface area (Å²) in [7, 11) is 0. The fraction of sp³-hybridized carbons (Fsp3) is 0.538. The van der Waals surface area contributed by atoms with Crippen LogP contribution in [0.15, 0.2) is 24.3 Å². The zero-order valence-electron chi connectivity index (χ0n) is 10.1. The quantitative estimate of drug-likeness (QED) is 0.734. The average Bonchev–Trinajstić information content (AvgIpc) is 2.28. The minimum absolute atomic E-state index is 0.0803. The van der Waals surface area contributed by atoms with Gasteiger partial charge in [-0.3, -0.25) is 0 Å². The van der Waals surface area contributed by atoms with E-state index in [1.165, 1.54) is 12.1 Å². The molecule has 0 aromatic heterocycles. The Bertz CT molecular complexity index is 330. The van der Waals surface area contributed by atoms with Crippen molar-refractivity contribution in [2.24, 2.45) is 0 Å². The topological polar surface area (TPSA) is 9.23 Å². The number of hydrogen-bond donors (Lipinski definition) is 0. The van der Waals surface area contributed by atoms with E-state index in [1.807, 2.05) is 6.92 Å². The SMILES string of the molecule is CCCC(CC)Oc1ccc(C(F)(F)F)cc1. The van der Waals surface area contributed by atoms with Crippen LogP contribution >= 0.6 is 0 Å². The highest BCUT2D eigenvalue weighted by Crippen LogP contribution is 2.30. The second-order valence-corrected chi connectivity index (χ2v) is 3.96. The van der Waals surface area contributed by atoms with Gasteiger partial charge in [0.15, 0.2) is 0 Å². The summed E-state index contributed by atoms with van der Waals surface area (Å²) in [6, 6.07) is 4.85. The third-order valence-corrected chi connectivity index (χ3v) is 2.55. The lowest BCUT2D eigenvalue weighted by atomic mass is 10.1. The molecule has 0 spiro atoms. The van der Waals surface area contributed by atoms with Crippen molar-refractivity contribution < 1.29 is 17.9 Å². The molecule has 0 saturated carbocycles. The van der Waals surface area contributed by atoms with Crippen LogP contribution in [0.25, 0.3) is 0 Å². The summed E-state index contributed by atoms with van der Waals surface area (Å²) >= 11 is 0. The summed E-state index contributed by atoms with van der Waals surface area (Å²) in [4.78, 5) is 0. The Balaban J connectivity index is 2.68. The number of ether oxygens (including phenoxy) is 1. The van der Waals surface area contributed by atoms with E-state index >= 15 is 0 Å². The van der Waals surface area contributed by atoms with Gasteiger partial charge in [-0.2, -0.15) is 13.2 Å². The molecule has 4 heteroatoms. The van der Waals surface area contributed by atoms with Crippen molar-refractivity contribution in [3.63, 3.8) is 0 Å². The largest absolute Gasteiger partial charge is 0.490 e. The molecule has 0 heterocycles. The highest BCUT2D eigenvalue weighted by molar-refractivity contribution is 5.29. The van der Waals surface area contributed by atoms with Crippen LogP contribution in [-0.4, -0.2) is 6.10 Å². The molecule has 1 unspecified atom stereocenters. The summed E-state index contributed by atoms with van der Waals surface area (Å²) in [5.41, 5.74) is -0.645. The number of alkyl halides is 3. The van der Waals surface area contributed by atoms with Gasteiger partial charge in [-0.1, -0.05) is 20.3 Å². The number of hydrogen-bond acceptors (Lipinski definition) is 1. The molecular formula is C13H17F3O. The molecule has 1 nitrogen and oxygen atoms in total. The van der Waals surface area contributed by atoms with Gasteiger partial charge in [-0.25, -0.2) is 0 Å². The van der Waals surface area contributed by atoms with Crippen LogP contribution in [0.2, 0.25) is 0 Å². The number of benzene rings is 1. The first kappa shape index (κ1) is 13.9. The lowest BCUT2D eigenvalue weighted by Gasteiger charge is -2.17. The van der Waals surface area contributed by atoms with Crippen molar-refractivity contribution in [2.75, 3.05) is 0 Å². The van der Waals surface area contributed by atoms with Gasteiger partial charge in [0.05, 0.1) is 11.7 Å². The second kappa shape index (κ2) is 5.94. The van der Waals surface area contributed by atoms with Crippen LogP contribution in [0.4, 0.5) is 13.2 Å². The summed E-state index contributed by atoms with van der Waals surface area (Å²) in [5, 5.41) is 0. The van der Waals surface area contributed by atoms with Crippen LogP contribution in [-0.2, 0) is 6.18 Å². The maximum Gasteiger partial charge on any atom is 0.416 e. The molecule has 0 aliphatic heterocycles. The molecule has 0 fully saturated rings. The van der Waals surface area contributed by atoms with Crippen molar-refractivity contribution in [1.82, 2.24) is 0 Å². The zero-order chi connectivity index (χ0) is 12.9. The fourth-order valence-corrected chi connectivity index (χ4v) is 1.58. The van der Waals surface area contributed by atoms with Gasteiger partial charge < -0.3 is 4.74 Å². The van der Waals surface area contributed by atoms with Crippen molar-refractivity contribution >= 4 is 0 Å². The van der Waals surface area contributed by atoms with Gasteiger partial charge in [0, 0.05) is 0 Å². The van der Waals surface area contributed by atoms with Crippen LogP contribution in [0.1, 0.15) is 38.7 Å². The molecule has 0 saturated heterocycles. The molecule has 0 aliphatic carbocycles. The Morgan fingerprint density at radius 1 is 1.12 bits per heavy atom. The molecule has 0 aliphatic rings. The predicted molar refractivity (Wildman–Crippen MR) is 61.1 cm³/mol. The van der Waals surface area contributed by atoms with Gasteiger partial charge in [0.1, 0.15) is 5.75 Å². The molecule has 0 N–H and O–H groups in total. The monoisotopic (exact) mass is 246 g/mol. The van der Waals surface area contributed by atoms with Crippen molar-refractivity contribution in [1.29, 1.82) is 0 Å². The maximum absolute atomic E-state index is 12.3. The molecule has 1 aromatic carbocycles. The molecule has 0 radical (unpaired) electrons. The van der Waals surface area contributed by atoms with E-state index in [-0.39, 0.29) is 6.10 Å². The van der Waals surface area contributed by atoms with Crippen molar-refractivity contribution in [3.05, 3.63) is 29.8 Å². The normalized spacial score (nSPS) is 13.5. The molecule has 1 atom stereocenters. The molecule has 96 valence electrons. The Morgan fingerprint density at radius 3 is 2.12 bits per heavy atom. The van der Waals surface area contributed by atoms with Gasteiger partial charge in [0.25, 0.3) is 0 Å². The van der Waals surface area contributed by atoms with E-state index in [2.05, 4.69) is 6.92 Å². The first-order valence-electron chi connectivity index (χ1n) is 5.81. The minimum Gasteiger partial charge on any atom is -0.490 e. The first-order chi connectivity index (χ1) is 7.97. The van der Waals surface area contributed by atoms with E-state index in [9.17, 15) is 13.2 Å². The Labute approximate surface area is 99.6 Å². The minimum atomic E-state index is -4.29. The van der Waals surface area contributed by atoms with Crippen molar-refractivity contribution in [3.8, 4) is 5.75 Å². The molecule has 0 amide bonds. The van der Waals surface area contributed by atoms with E-state index in [0.29, 0.717) is 5.75 Å². The zero-order valence-corrected chi connectivity index (χ0v) is 10.1. The summed E-state index contributed by atoms with van der Waals surface area (Å²) in [6.07, 6.45) is -1.44. The molecule has 17 heavy (non-hydrogen) atoms. The van der Waals surface area contributed by atoms with E-state index < -0.39 is 11.7 Å². The highest BCUT2D eigenvalue weighted by atomic mass is 19.4. The highest BCUT2D eigenvalue weighted by Gasteiger charge is 2.30. The summed E-state index contributed by atoms with van der Waals surface area (Å²) in [6.45, 7) is 4.06. The molecule has 0 bridgehead atoms. The van der Waals surface area contributed by atoms with Gasteiger partial charge in [0.2, 0.25) is 0 Å². The molecular weight excluding hydrogens is 229 g/mol. The number of rotatable bonds is 5. The van der Waals surface area contributed by atoms with Gasteiger partial charge >= 0.3 is 6.18 Å². The van der Waals surface area contributed by atoms with Crippen LogP contribution in [0.5, 0.6) is 5.75 Å². The number of halogens is 3. The Kier molecular flexibility index (Phi) is 4.85. The smallest absolute Gasteiger partial charge is 0.416 e. The summed E-state index contributed by atoms with van der Waals surface area (Å²) in [5.74, 6) is 0.498.